The Hall–Kier alpha value is -2.85. The molecule has 2 aromatic rings. The summed E-state index contributed by atoms with van der Waals surface area (Å²) in [7, 11) is 1.50. The number of carbonyl (C=O) groups is 2. The van der Waals surface area contributed by atoms with E-state index in [1.165, 1.54) is 22.6 Å². The number of halogens is 3. The number of nitrogens with one attached hydrogen (secondary N) is 1. The highest BCUT2D eigenvalue weighted by atomic mass is 19.4. The van der Waals surface area contributed by atoms with Crippen LogP contribution in [-0.4, -0.2) is 43.1 Å². The third-order valence-corrected chi connectivity index (χ3v) is 4.20. The van der Waals surface area contributed by atoms with Gasteiger partial charge in [-0.05, 0) is 25.3 Å². The summed E-state index contributed by atoms with van der Waals surface area (Å²) in [6.07, 6.45) is -1.23. The number of carboxylic acids is 1. The van der Waals surface area contributed by atoms with E-state index in [-0.39, 0.29) is 30.3 Å². The topological polar surface area (TPSA) is 102 Å². The number of hydrogen-bond acceptors (Lipinski definition) is 4. The van der Waals surface area contributed by atoms with E-state index in [1.54, 1.807) is 0 Å². The number of nitrogens with zero attached hydrogens (tertiary/aromatic N) is 4. The zero-order valence-electron chi connectivity index (χ0n) is 14.5. The third kappa shape index (κ3) is 4.29. The minimum absolute atomic E-state index is 0.106. The predicted molar refractivity (Wildman–Crippen MR) is 86.3 cm³/mol. The van der Waals surface area contributed by atoms with Gasteiger partial charge >= 0.3 is 12.1 Å². The largest absolute Gasteiger partial charge is 0.478 e. The number of aryl methyl sites for hydroxylation is 2. The molecule has 2 aromatic heterocycles. The summed E-state index contributed by atoms with van der Waals surface area (Å²) in [5.41, 5.74) is -0.769. The normalized spacial score (nSPS) is 14.4. The number of carbonyl (C=O) groups excluding carboxylic acids is 1. The maximum absolute atomic E-state index is 12.9. The first-order chi connectivity index (χ1) is 12.7. The zero-order chi connectivity index (χ0) is 19.8. The Balaban J connectivity index is 1.58. The lowest BCUT2D eigenvalue weighted by Gasteiger charge is -2.08. The molecule has 0 spiro atoms. The highest BCUT2D eigenvalue weighted by Crippen LogP contribution is 2.42. The van der Waals surface area contributed by atoms with Crippen LogP contribution in [0.25, 0.3) is 0 Å². The second-order valence-corrected chi connectivity index (χ2v) is 6.43. The second kappa shape index (κ2) is 7.05. The second-order valence-electron chi connectivity index (χ2n) is 6.43. The van der Waals surface area contributed by atoms with Crippen molar-refractivity contribution in [2.24, 2.45) is 7.05 Å². The third-order valence-electron chi connectivity index (χ3n) is 4.20. The van der Waals surface area contributed by atoms with Crippen LogP contribution in [0.15, 0.2) is 12.3 Å². The lowest BCUT2D eigenvalue weighted by molar-refractivity contribution is -0.141. The number of amides is 1. The molecule has 2 N–H and O–H groups in total. The standard InChI is InChI=1S/C16H18F3N5O3/c1-23-8-10(15(26)27)13(22-23)14(25)20-5-2-6-24-11(9-3-4-9)7-12(21-24)16(17,18)19/h7-9H,2-6H2,1H3,(H,20,25)(H,26,27). The molecule has 1 fully saturated rings. The van der Waals surface area contributed by atoms with E-state index < -0.39 is 23.7 Å². The molecule has 1 amide bonds. The summed E-state index contributed by atoms with van der Waals surface area (Å²) < 4.78 is 41.2. The molecule has 0 aromatic carbocycles. The average Bonchev–Trinajstić information content (AvgIpc) is 3.19. The lowest BCUT2D eigenvalue weighted by Crippen LogP contribution is -2.27. The predicted octanol–water partition coefficient (Wildman–Crippen LogP) is 2.03. The zero-order valence-corrected chi connectivity index (χ0v) is 14.5. The van der Waals surface area contributed by atoms with Crippen LogP contribution in [0.4, 0.5) is 13.2 Å². The Morgan fingerprint density at radius 3 is 2.63 bits per heavy atom. The van der Waals surface area contributed by atoms with Crippen LogP contribution in [0.1, 0.15) is 57.4 Å². The van der Waals surface area contributed by atoms with Gasteiger partial charge in [0, 0.05) is 37.9 Å². The molecule has 3 rings (SSSR count). The van der Waals surface area contributed by atoms with Crippen LogP contribution in [0.5, 0.6) is 0 Å². The van der Waals surface area contributed by atoms with Crippen LogP contribution in [0.3, 0.4) is 0 Å². The molecule has 0 radical (unpaired) electrons. The number of alkyl halides is 3. The Labute approximate surface area is 152 Å². The van der Waals surface area contributed by atoms with Gasteiger partial charge in [0.15, 0.2) is 11.4 Å². The minimum atomic E-state index is -4.49. The highest BCUT2D eigenvalue weighted by molar-refractivity contribution is 6.03. The fraction of sp³-hybridized carbons (Fsp3) is 0.500. The van der Waals surface area contributed by atoms with Crippen LogP contribution in [0.2, 0.25) is 0 Å². The van der Waals surface area contributed by atoms with Crippen LogP contribution in [0, 0.1) is 0 Å². The first-order valence-electron chi connectivity index (χ1n) is 8.37. The van der Waals surface area contributed by atoms with Crippen LogP contribution in [-0.2, 0) is 19.8 Å². The van der Waals surface area contributed by atoms with Gasteiger partial charge in [-0.25, -0.2) is 4.79 Å². The number of carboxylic acid groups (broad SMARTS) is 1. The first-order valence-corrected chi connectivity index (χ1v) is 8.37. The van der Waals surface area contributed by atoms with E-state index in [2.05, 4.69) is 15.5 Å². The lowest BCUT2D eigenvalue weighted by atomic mass is 10.2. The number of aromatic carboxylic acids is 1. The van der Waals surface area contributed by atoms with Crippen molar-refractivity contribution in [3.63, 3.8) is 0 Å². The van der Waals surface area contributed by atoms with E-state index in [1.807, 2.05) is 0 Å². The summed E-state index contributed by atoms with van der Waals surface area (Å²) in [5, 5.41) is 19.1. The average molecular weight is 385 g/mol. The van der Waals surface area contributed by atoms with Gasteiger partial charge in [-0.1, -0.05) is 0 Å². The van der Waals surface area contributed by atoms with E-state index in [9.17, 15) is 22.8 Å². The fourth-order valence-corrected chi connectivity index (χ4v) is 2.78. The van der Waals surface area contributed by atoms with Crippen molar-refractivity contribution in [2.45, 2.75) is 37.9 Å². The van der Waals surface area contributed by atoms with Crippen molar-refractivity contribution in [1.82, 2.24) is 24.9 Å². The minimum Gasteiger partial charge on any atom is -0.478 e. The van der Waals surface area contributed by atoms with Crippen LogP contribution < -0.4 is 5.32 Å². The smallest absolute Gasteiger partial charge is 0.435 e. The molecule has 0 bridgehead atoms. The molecule has 2 heterocycles. The molecule has 11 heteroatoms. The van der Waals surface area contributed by atoms with Gasteiger partial charge in [0.2, 0.25) is 0 Å². The number of aromatic nitrogens is 4. The van der Waals surface area contributed by atoms with Crippen molar-refractivity contribution < 1.29 is 27.9 Å². The van der Waals surface area contributed by atoms with Crippen molar-refractivity contribution in [2.75, 3.05) is 6.54 Å². The van der Waals surface area contributed by atoms with Crippen molar-refractivity contribution in [3.8, 4) is 0 Å². The summed E-state index contributed by atoms with van der Waals surface area (Å²) in [5.74, 6) is -1.81. The van der Waals surface area contributed by atoms with E-state index in [0.29, 0.717) is 12.1 Å². The van der Waals surface area contributed by atoms with E-state index in [0.717, 1.165) is 18.9 Å². The molecule has 8 nitrogen and oxygen atoms in total. The number of hydrogen-bond donors (Lipinski definition) is 2. The van der Waals surface area contributed by atoms with Crippen molar-refractivity contribution in [1.29, 1.82) is 0 Å². The molecule has 0 unspecified atom stereocenters. The molecule has 0 atom stereocenters. The molecule has 1 saturated carbocycles. The Bertz CT molecular complexity index is 867. The molecular formula is C16H18F3N5O3. The van der Waals surface area contributed by atoms with Crippen molar-refractivity contribution in [3.05, 3.63) is 34.9 Å². The van der Waals surface area contributed by atoms with Gasteiger partial charge in [0.05, 0.1) is 0 Å². The monoisotopic (exact) mass is 385 g/mol. The van der Waals surface area contributed by atoms with Gasteiger partial charge in [-0.15, -0.1) is 0 Å². The first kappa shape index (κ1) is 18.9. The summed E-state index contributed by atoms with van der Waals surface area (Å²) in [6.45, 7) is 0.371. The molecule has 1 aliphatic rings. The van der Waals surface area contributed by atoms with Gasteiger partial charge in [-0.3, -0.25) is 14.2 Å². The number of rotatable bonds is 7. The SMILES string of the molecule is Cn1cc(C(=O)O)c(C(=O)NCCCn2nc(C(F)(F)F)cc2C2CC2)n1. The van der Waals surface area contributed by atoms with Gasteiger partial charge in [-0.2, -0.15) is 23.4 Å². The summed E-state index contributed by atoms with van der Waals surface area (Å²) in [4.78, 5) is 23.2. The fourth-order valence-electron chi connectivity index (χ4n) is 2.78. The maximum atomic E-state index is 12.9. The maximum Gasteiger partial charge on any atom is 0.435 e. The van der Waals surface area contributed by atoms with Crippen molar-refractivity contribution >= 4 is 11.9 Å². The van der Waals surface area contributed by atoms with Gasteiger partial charge in [0.25, 0.3) is 5.91 Å². The molecule has 27 heavy (non-hydrogen) atoms. The molecule has 0 aliphatic heterocycles. The Kier molecular flexibility index (Phi) is 4.94. The summed E-state index contributed by atoms with van der Waals surface area (Å²) in [6, 6.07) is 1.09. The Morgan fingerprint density at radius 2 is 2.04 bits per heavy atom. The molecule has 1 aliphatic carbocycles. The van der Waals surface area contributed by atoms with Gasteiger partial charge in [0.1, 0.15) is 5.56 Å². The van der Waals surface area contributed by atoms with Gasteiger partial charge < -0.3 is 10.4 Å². The Morgan fingerprint density at radius 1 is 1.33 bits per heavy atom. The highest BCUT2D eigenvalue weighted by Gasteiger charge is 2.37. The molecular weight excluding hydrogens is 367 g/mol. The van der Waals surface area contributed by atoms with Crippen LogP contribution >= 0.6 is 0 Å². The quantitative estimate of drug-likeness (QED) is 0.710. The van der Waals surface area contributed by atoms with E-state index in [4.69, 9.17) is 5.11 Å². The summed E-state index contributed by atoms with van der Waals surface area (Å²) >= 11 is 0. The molecule has 0 saturated heterocycles. The van der Waals surface area contributed by atoms with E-state index >= 15 is 0 Å². The molecule has 146 valence electrons.